The van der Waals surface area contributed by atoms with Crippen LogP contribution >= 0.6 is 12.4 Å². The van der Waals surface area contributed by atoms with Crippen molar-refractivity contribution < 1.29 is 8.42 Å². The molecule has 0 amide bonds. The van der Waals surface area contributed by atoms with Gasteiger partial charge in [0.25, 0.3) is 0 Å². The van der Waals surface area contributed by atoms with E-state index in [1.54, 1.807) is 16.4 Å². The lowest BCUT2D eigenvalue weighted by molar-refractivity contribution is 0.162. The first kappa shape index (κ1) is 20.4. The molecule has 1 fully saturated rings. The number of hydrogen-bond donors (Lipinski definition) is 1. The Morgan fingerprint density at radius 2 is 1.65 bits per heavy atom. The van der Waals surface area contributed by atoms with Crippen LogP contribution in [0.3, 0.4) is 0 Å². The minimum absolute atomic E-state index is 0. The number of benzene rings is 1. The maximum absolute atomic E-state index is 12.7. The van der Waals surface area contributed by atoms with Gasteiger partial charge in [-0.2, -0.15) is 4.31 Å². The van der Waals surface area contributed by atoms with Gasteiger partial charge in [-0.1, -0.05) is 6.07 Å². The molecule has 1 aromatic rings. The Balaban J connectivity index is 0.00000264. The zero-order chi connectivity index (χ0) is 16.5. The van der Waals surface area contributed by atoms with Gasteiger partial charge in [0, 0.05) is 38.3 Å². The highest BCUT2D eigenvalue weighted by Crippen LogP contribution is 2.20. The van der Waals surface area contributed by atoms with Crippen molar-refractivity contribution in [2.24, 2.45) is 5.73 Å². The Kier molecular flexibility index (Phi) is 6.64. The van der Waals surface area contributed by atoms with Crippen LogP contribution in [0.1, 0.15) is 25.0 Å². The molecule has 5 nitrogen and oxygen atoms in total. The van der Waals surface area contributed by atoms with Gasteiger partial charge in [0.05, 0.1) is 4.90 Å². The summed E-state index contributed by atoms with van der Waals surface area (Å²) in [6.07, 6.45) is 0. The molecule has 2 N–H and O–H groups in total. The minimum Gasteiger partial charge on any atom is -0.324 e. The molecule has 1 aliphatic heterocycles. The Morgan fingerprint density at radius 3 is 2.13 bits per heavy atom. The molecule has 23 heavy (non-hydrogen) atoms. The molecule has 0 saturated carbocycles. The van der Waals surface area contributed by atoms with Gasteiger partial charge in [-0.05, 0) is 51.0 Å². The molecule has 0 radical (unpaired) electrons. The van der Waals surface area contributed by atoms with Gasteiger partial charge >= 0.3 is 0 Å². The van der Waals surface area contributed by atoms with Crippen molar-refractivity contribution in [2.75, 3.05) is 32.7 Å². The average Bonchev–Trinajstić information content (AvgIpc) is 2.40. The standard InChI is InChI=1S/C16H27N3O2S.ClH/c1-13-5-6-15(11-14(13)2)22(20,21)19-9-7-18(8-10-19)12-16(3,4)17;/h5-6,11H,7-10,12,17H2,1-4H3;1H. The lowest BCUT2D eigenvalue weighted by Gasteiger charge is -2.37. The minimum atomic E-state index is -3.39. The molecule has 1 heterocycles. The van der Waals surface area contributed by atoms with E-state index in [1.807, 2.05) is 33.8 Å². The maximum Gasteiger partial charge on any atom is 0.243 e. The fourth-order valence-electron chi connectivity index (χ4n) is 2.73. The first-order chi connectivity index (χ1) is 10.1. The van der Waals surface area contributed by atoms with Gasteiger partial charge in [0.15, 0.2) is 0 Å². The van der Waals surface area contributed by atoms with Gasteiger partial charge < -0.3 is 5.73 Å². The van der Waals surface area contributed by atoms with Gasteiger partial charge in [-0.3, -0.25) is 4.90 Å². The second-order valence-electron chi connectivity index (χ2n) is 6.91. The van der Waals surface area contributed by atoms with Crippen LogP contribution in [0.4, 0.5) is 0 Å². The number of sulfonamides is 1. The second-order valence-corrected chi connectivity index (χ2v) is 8.85. The van der Waals surface area contributed by atoms with Crippen molar-refractivity contribution in [3.8, 4) is 0 Å². The summed E-state index contributed by atoms with van der Waals surface area (Å²) in [4.78, 5) is 2.62. The zero-order valence-electron chi connectivity index (χ0n) is 14.4. The number of hydrogen-bond acceptors (Lipinski definition) is 4. The maximum atomic E-state index is 12.7. The number of nitrogens with zero attached hydrogens (tertiary/aromatic N) is 2. The monoisotopic (exact) mass is 361 g/mol. The van der Waals surface area contributed by atoms with E-state index >= 15 is 0 Å². The molecule has 0 unspecified atom stereocenters. The molecule has 0 bridgehead atoms. The molecule has 2 rings (SSSR count). The number of aryl methyl sites for hydroxylation is 2. The summed E-state index contributed by atoms with van der Waals surface area (Å²) < 4.78 is 27.0. The molecule has 0 spiro atoms. The third-order valence-electron chi connectivity index (χ3n) is 4.08. The smallest absolute Gasteiger partial charge is 0.243 e. The molecule has 0 aromatic heterocycles. The zero-order valence-corrected chi connectivity index (χ0v) is 16.0. The molecular formula is C16H28ClN3O2S. The van der Waals surface area contributed by atoms with Crippen LogP contribution in [0, 0.1) is 13.8 Å². The van der Waals surface area contributed by atoms with Crippen LogP contribution in [0.15, 0.2) is 23.1 Å². The van der Waals surface area contributed by atoms with Crippen molar-refractivity contribution in [2.45, 2.75) is 38.1 Å². The lowest BCUT2D eigenvalue weighted by Crippen LogP contribution is -2.53. The number of nitrogens with two attached hydrogens (primary N) is 1. The van der Waals surface area contributed by atoms with Crippen molar-refractivity contribution >= 4 is 22.4 Å². The fraction of sp³-hybridized carbons (Fsp3) is 0.625. The number of halogens is 1. The highest BCUT2D eigenvalue weighted by Gasteiger charge is 2.29. The van der Waals surface area contributed by atoms with E-state index in [0.717, 1.165) is 30.8 Å². The molecule has 0 atom stereocenters. The summed E-state index contributed by atoms with van der Waals surface area (Å²) in [5, 5.41) is 0. The number of piperazine rings is 1. The first-order valence-corrected chi connectivity index (χ1v) is 9.12. The molecule has 0 aliphatic carbocycles. The molecule has 7 heteroatoms. The summed E-state index contributed by atoms with van der Waals surface area (Å²) in [5.74, 6) is 0. The summed E-state index contributed by atoms with van der Waals surface area (Å²) >= 11 is 0. The third-order valence-corrected chi connectivity index (χ3v) is 5.97. The van der Waals surface area contributed by atoms with E-state index < -0.39 is 10.0 Å². The van der Waals surface area contributed by atoms with Crippen molar-refractivity contribution in [1.82, 2.24) is 9.21 Å². The van der Waals surface area contributed by atoms with E-state index in [-0.39, 0.29) is 17.9 Å². The average molecular weight is 362 g/mol. The summed E-state index contributed by atoms with van der Waals surface area (Å²) in [5.41, 5.74) is 7.89. The SMILES string of the molecule is Cc1ccc(S(=O)(=O)N2CCN(CC(C)(C)N)CC2)cc1C.Cl. The predicted molar refractivity (Wildman–Crippen MR) is 96.6 cm³/mol. The third kappa shape index (κ3) is 5.16. The van der Waals surface area contributed by atoms with Crippen LogP contribution in [-0.2, 0) is 10.0 Å². The van der Waals surface area contributed by atoms with E-state index in [0.29, 0.717) is 18.0 Å². The Hall–Kier alpha value is -0.660. The van der Waals surface area contributed by atoms with Crippen LogP contribution in [0.2, 0.25) is 0 Å². The molecule has 1 aliphatic rings. The van der Waals surface area contributed by atoms with Crippen LogP contribution in [0.25, 0.3) is 0 Å². The molecule has 132 valence electrons. The lowest BCUT2D eigenvalue weighted by atomic mass is 10.1. The van der Waals surface area contributed by atoms with Crippen LogP contribution in [0.5, 0.6) is 0 Å². The van der Waals surface area contributed by atoms with Crippen molar-refractivity contribution in [3.63, 3.8) is 0 Å². The highest BCUT2D eigenvalue weighted by atomic mass is 35.5. The van der Waals surface area contributed by atoms with Gasteiger partial charge in [0.2, 0.25) is 10.0 Å². The van der Waals surface area contributed by atoms with Gasteiger partial charge in [-0.25, -0.2) is 8.42 Å². The molecule has 1 saturated heterocycles. The Morgan fingerprint density at radius 1 is 1.09 bits per heavy atom. The predicted octanol–water partition coefficient (Wildman–Crippen LogP) is 1.77. The number of rotatable bonds is 4. The topological polar surface area (TPSA) is 66.6 Å². The second kappa shape index (κ2) is 7.49. The van der Waals surface area contributed by atoms with Gasteiger partial charge in [-0.15, -0.1) is 12.4 Å². The Labute approximate surface area is 146 Å². The molecular weight excluding hydrogens is 334 g/mol. The molecule has 1 aromatic carbocycles. The van der Waals surface area contributed by atoms with E-state index in [1.165, 1.54) is 0 Å². The summed E-state index contributed by atoms with van der Waals surface area (Å²) in [6.45, 7) is 11.2. The summed E-state index contributed by atoms with van der Waals surface area (Å²) in [7, 11) is -3.39. The van der Waals surface area contributed by atoms with E-state index in [2.05, 4.69) is 4.90 Å². The normalized spacial score (nSPS) is 17.8. The Bertz CT molecular complexity index is 633. The van der Waals surface area contributed by atoms with E-state index in [9.17, 15) is 8.42 Å². The summed E-state index contributed by atoms with van der Waals surface area (Å²) in [6, 6.07) is 5.34. The highest BCUT2D eigenvalue weighted by molar-refractivity contribution is 7.89. The van der Waals surface area contributed by atoms with Crippen molar-refractivity contribution in [1.29, 1.82) is 0 Å². The van der Waals surface area contributed by atoms with Crippen LogP contribution in [-0.4, -0.2) is 55.9 Å². The quantitative estimate of drug-likeness (QED) is 0.887. The van der Waals surface area contributed by atoms with Crippen molar-refractivity contribution in [3.05, 3.63) is 29.3 Å². The largest absolute Gasteiger partial charge is 0.324 e. The van der Waals surface area contributed by atoms with Gasteiger partial charge in [0.1, 0.15) is 0 Å². The first-order valence-electron chi connectivity index (χ1n) is 7.68. The fourth-order valence-corrected chi connectivity index (χ4v) is 4.24. The van der Waals surface area contributed by atoms with Crippen LogP contribution < -0.4 is 5.73 Å². The van der Waals surface area contributed by atoms with E-state index in [4.69, 9.17) is 5.73 Å².